The van der Waals surface area contributed by atoms with Gasteiger partial charge in [-0.3, -0.25) is 0 Å². The molecule has 0 radical (unpaired) electrons. The first-order valence-electron chi connectivity index (χ1n) is 6.90. The molecule has 0 spiro atoms. The van der Waals surface area contributed by atoms with Gasteiger partial charge < -0.3 is 15.0 Å². The van der Waals surface area contributed by atoms with Crippen molar-refractivity contribution in [1.82, 2.24) is 5.32 Å². The lowest BCUT2D eigenvalue weighted by molar-refractivity contribution is 0.412. The minimum Gasteiger partial charge on any atom is -0.497 e. The molecule has 2 rings (SSSR count). The van der Waals surface area contributed by atoms with Gasteiger partial charge in [0.15, 0.2) is 0 Å². The van der Waals surface area contributed by atoms with Crippen molar-refractivity contribution in [3.63, 3.8) is 0 Å². The first kappa shape index (κ1) is 13.2. The Labute approximate surface area is 110 Å². The predicted molar refractivity (Wildman–Crippen MR) is 76.5 cm³/mol. The van der Waals surface area contributed by atoms with E-state index in [2.05, 4.69) is 28.4 Å². The van der Waals surface area contributed by atoms with Crippen LogP contribution in [0.4, 0.5) is 5.69 Å². The molecule has 1 N–H and O–H groups in total. The smallest absolute Gasteiger partial charge is 0.120 e. The molecule has 1 aliphatic rings. The topological polar surface area (TPSA) is 24.5 Å². The molecule has 1 unspecified atom stereocenters. The first-order chi connectivity index (χ1) is 8.85. The Morgan fingerprint density at radius 3 is 3.06 bits per heavy atom. The Balaban J connectivity index is 2.11. The summed E-state index contributed by atoms with van der Waals surface area (Å²) >= 11 is 0. The number of ether oxygens (including phenoxy) is 1. The van der Waals surface area contributed by atoms with Crippen LogP contribution in [0, 0.1) is 0 Å². The zero-order valence-corrected chi connectivity index (χ0v) is 11.5. The number of hydrogen-bond donors (Lipinski definition) is 1. The third-order valence-electron chi connectivity index (χ3n) is 3.74. The van der Waals surface area contributed by atoms with Gasteiger partial charge in [0.25, 0.3) is 0 Å². The third-order valence-corrected chi connectivity index (χ3v) is 3.74. The molecule has 0 aliphatic carbocycles. The Morgan fingerprint density at radius 1 is 1.39 bits per heavy atom. The third kappa shape index (κ3) is 3.16. The lowest BCUT2D eigenvalue weighted by atomic mass is 9.98. The summed E-state index contributed by atoms with van der Waals surface area (Å²) in [7, 11) is 3.76. The average Bonchev–Trinajstić information content (AvgIpc) is 2.45. The molecular formula is C15H24N2O. The number of nitrogens with one attached hydrogen (secondary N) is 1. The molecule has 18 heavy (non-hydrogen) atoms. The zero-order valence-electron chi connectivity index (χ0n) is 11.5. The highest BCUT2D eigenvalue weighted by Gasteiger charge is 2.22. The fourth-order valence-corrected chi connectivity index (χ4v) is 2.74. The maximum Gasteiger partial charge on any atom is 0.120 e. The standard InChI is InChI=1S/C15H24N2O/c1-16-10-9-13-6-3-4-11-17(13)14-7-5-8-15(12-14)18-2/h5,7-8,12-13,16H,3-4,6,9-11H2,1-2H3. The fourth-order valence-electron chi connectivity index (χ4n) is 2.74. The van der Waals surface area contributed by atoms with E-state index in [0.29, 0.717) is 6.04 Å². The van der Waals surface area contributed by atoms with Crippen LogP contribution in [0.3, 0.4) is 0 Å². The van der Waals surface area contributed by atoms with E-state index in [1.165, 1.54) is 37.9 Å². The highest BCUT2D eigenvalue weighted by Crippen LogP contribution is 2.28. The number of piperidine rings is 1. The fraction of sp³-hybridized carbons (Fsp3) is 0.600. The summed E-state index contributed by atoms with van der Waals surface area (Å²) in [4.78, 5) is 2.54. The van der Waals surface area contributed by atoms with E-state index in [1.807, 2.05) is 13.1 Å². The minimum atomic E-state index is 0.665. The van der Waals surface area contributed by atoms with Gasteiger partial charge in [-0.25, -0.2) is 0 Å². The number of nitrogens with zero attached hydrogens (tertiary/aromatic N) is 1. The van der Waals surface area contributed by atoms with Crippen LogP contribution in [0.2, 0.25) is 0 Å². The Bertz CT molecular complexity index is 367. The van der Waals surface area contributed by atoms with E-state index in [-0.39, 0.29) is 0 Å². The summed E-state index contributed by atoms with van der Waals surface area (Å²) in [6, 6.07) is 9.10. The molecule has 0 saturated carbocycles. The van der Waals surface area contributed by atoms with Gasteiger partial charge >= 0.3 is 0 Å². The second kappa shape index (κ2) is 6.64. The lowest BCUT2D eigenvalue weighted by Crippen LogP contribution is -2.41. The predicted octanol–water partition coefficient (Wildman–Crippen LogP) is 2.66. The van der Waals surface area contributed by atoms with Crippen LogP contribution in [0.25, 0.3) is 0 Å². The molecule has 1 fully saturated rings. The Kier molecular flexibility index (Phi) is 4.88. The number of anilines is 1. The van der Waals surface area contributed by atoms with Crippen LogP contribution < -0.4 is 15.0 Å². The van der Waals surface area contributed by atoms with Crippen molar-refractivity contribution in [3.05, 3.63) is 24.3 Å². The molecule has 1 aromatic carbocycles. The van der Waals surface area contributed by atoms with Crippen molar-refractivity contribution in [1.29, 1.82) is 0 Å². The van der Waals surface area contributed by atoms with Crippen LogP contribution in [-0.2, 0) is 0 Å². The van der Waals surface area contributed by atoms with Crippen molar-refractivity contribution in [3.8, 4) is 5.75 Å². The largest absolute Gasteiger partial charge is 0.497 e. The molecule has 0 amide bonds. The minimum absolute atomic E-state index is 0.665. The highest BCUT2D eigenvalue weighted by molar-refractivity contribution is 5.51. The van der Waals surface area contributed by atoms with Crippen LogP contribution in [0.5, 0.6) is 5.75 Å². The monoisotopic (exact) mass is 248 g/mol. The summed E-state index contributed by atoms with van der Waals surface area (Å²) in [5.41, 5.74) is 1.30. The second-order valence-corrected chi connectivity index (χ2v) is 4.94. The summed E-state index contributed by atoms with van der Waals surface area (Å²) in [5, 5.41) is 3.26. The molecule has 3 heteroatoms. The van der Waals surface area contributed by atoms with E-state index in [1.54, 1.807) is 7.11 Å². The number of rotatable bonds is 5. The Morgan fingerprint density at radius 2 is 2.28 bits per heavy atom. The van der Waals surface area contributed by atoms with Crippen molar-refractivity contribution < 1.29 is 4.74 Å². The van der Waals surface area contributed by atoms with Crippen molar-refractivity contribution >= 4 is 5.69 Å². The van der Waals surface area contributed by atoms with E-state index in [0.717, 1.165) is 12.3 Å². The second-order valence-electron chi connectivity index (χ2n) is 4.94. The van der Waals surface area contributed by atoms with Crippen molar-refractivity contribution in [2.45, 2.75) is 31.7 Å². The zero-order chi connectivity index (χ0) is 12.8. The van der Waals surface area contributed by atoms with E-state index < -0.39 is 0 Å². The molecule has 100 valence electrons. The average molecular weight is 248 g/mol. The van der Waals surface area contributed by atoms with E-state index >= 15 is 0 Å². The molecule has 1 aliphatic heterocycles. The summed E-state index contributed by atoms with van der Waals surface area (Å²) in [6.07, 6.45) is 5.18. The summed E-state index contributed by atoms with van der Waals surface area (Å²) < 4.78 is 5.32. The summed E-state index contributed by atoms with van der Waals surface area (Å²) in [6.45, 7) is 2.26. The van der Waals surface area contributed by atoms with Gasteiger partial charge in [0.1, 0.15) is 5.75 Å². The van der Waals surface area contributed by atoms with Gasteiger partial charge in [0.05, 0.1) is 7.11 Å². The molecule has 0 bridgehead atoms. The molecule has 3 nitrogen and oxygen atoms in total. The van der Waals surface area contributed by atoms with Gasteiger partial charge in [-0.05, 0) is 51.4 Å². The van der Waals surface area contributed by atoms with Crippen LogP contribution in [0.15, 0.2) is 24.3 Å². The molecular weight excluding hydrogens is 224 g/mol. The van der Waals surface area contributed by atoms with Crippen molar-refractivity contribution in [2.75, 3.05) is 32.1 Å². The molecule has 0 aromatic heterocycles. The molecule has 1 aromatic rings. The number of methoxy groups -OCH3 is 1. The van der Waals surface area contributed by atoms with E-state index in [4.69, 9.17) is 4.74 Å². The number of hydrogen-bond acceptors (Lipinski definition) is 3. The maximum absolute atomic E-state index is 5.32. The molecule has 1 atom stereocenters. The van der Waals surface area contributed by atoms with Crippen molar-refractivity contribution in [2.24, 2.45) is 0 Å². The quantitative estimate of drug-likeness (QED) is 0.867. The molecule has 1 saturated heterocycles. The highest BCUT2D eigenvalue weighted by atomic mass is 16.5. The normalized spacial score (nSPS) is 19.9. The van der Waals surface area contributed by atoms with Gasteiger partial charge in [0, 0.05) is 24.3 Å². The van der Waals surface area contributed by atoms with Gasteiger partial charge in [0.2, 0.25) is 0 Å². The SMILES string of the molecule is CNCCC1CCCCN1c1cccc(OC)c1. The first-order valence-corrected chi connectivity index (χ1v) is 6.90. The summed E-state index contributed by atoms with van der Waals surface area (Å²) in [5.74, 6) is 0.949. The number of benzene rings is 1. The van der Waals surface area contributed by atoms with Gasteiger partial charge in [-0.1, -0.05) is 6.07 Å². The Hall–Kier alpha value is -1.22. The maximum atomic E-state index is 5.32. The van der Waals surface area contributed by atoms with Crippen LogP contribution in [-0.4, -0.2) is 33.3 Å². The van der Waals surface area contributed by atoms with Crippen LogP contribution in [0.1, 0.15) is 25.7 Å². The lowest BCUT2D eigenvalue weighted by Gasteiger charge is -2.38. The molecule has 1 heterocycles. The van der Waals surface area contributed by atoms with Gasteiger partial charge in [-0.2, -0.15) is 0 Å². The van der Waals surface area contributed by atoms with E-state index in [9.17, 15) is 0 Å². The van der Waals surface area contributed by atoms with Gasteiger partial charge in [-0.15, -0.1) is 0 Å². The van der Waals surface area contributed by atoms with Crippen LogP contribution >= 0.6 is 0 Å².